The average molecular weight is 178 g/mol. The Morgan fingerprint density at radius 3 is 2.54 bits per heavy atom. The summed E-state index contributed by atoms with van der Waals surface area (Å²) in [6.07, 6.45) is 0. The molecule has 0 unspecified atom stereocenters. The highest BCUT2D eigenvalue weighted by molar-refractivity contribution is 5.83. The van der Waals surface area contributed by atoms with Gasteiger partial charge in [0, 0.05) is 5.39 Å². The van der Waals surface area contributed by atoms with Crippen LogP contribution in [0.2, 0.25) is 0 Å². The average Bonchev–Trinajstić information content (AvgIpc) is 2.09. The third-order valence-electron chi connectivity index (χ3n) is 2.11. The van der Waals surface area contributed by atoms with Gasteiger partial charge in [0.15, 0.2) is 0 Å². The molecule has 2 heteroatoms. The third kappa shape index (κ3) is 1.28. The Bertz CT molecular complexity index is 461. The normalized spacial score (nSPS) is 10.7. The van der Waals surface area contributed by atoms with Crippen LogP contribution in [0, 0.1) is 18.6 Å². The van der Waals surface area contributed by atoms with Gasteiger partial charge in [0.1, 0.15) is 11.6 Å². The fourth-order valence-corrected chi connectivity index (χ4v) is 1.37. The Hall–Kier alpha value is -1.44. The molecule has 0 fully saturated rings. The molecule has 0 aliphatic carbocycles. The van der Waals surface area contributed by atoms with Crippen LogP contribution in [0.3, 0.4) is 0 Å². The molecule has 0 saturated heterocycles. The number of fused-ring (bicyclic) bond motifs is 1. The molecule has 66 valence electrons. The zero-order chi connectivity index (χ0) is 9.42. The molecule has 2 rings (SSSR count). The van der Waals surface area contributed by atoms with Gasteiger partial charge in [-0.2, -0.15) is 0 Å². The number of aryl methyl sites for hydroxylation is 1. The minimum absolute atomic E-state index is 0.339. The summed E-state index contributed by atoms with van der Waals surface area (Å²) in [5.74, 6) is -0.742. The van der Waals surface area contributed by atoms with Gasteiger partial charge in [-0.3, -0.25) is 0 Å². The van der Waals surface area contributed by atoms with Crippen molar-refractivity contribution >= 4 is 10.8 Å². The molecule has 0 aliphatic rings. The van der Waals surface area contributed by atoms with Crippen molar-refractivity contribution in [3.05, 3.63) is 47.5 Å². The van der Waals surface area contributed by atoms with Crippen LogP contribution in [0.1, 0.15) is 5.56 Å². The Balaban J connectivity index is 2.89. The Morgan fingerprint density at radius 2 is 1.77 bits per heavy atom. The quantitative estimate of drug-likeness (QED) is 0.579. The molecule has 0 nitrogen and oxygen atoms in total. The van der Waals surface area contributed by atoms with Crippen molar-refractivity contribution in [3.63, 3.8) is 0 Å². The molecule has 0 aromatic heterocycles. The van der Waals surface area contributed by atoms with Crippen LogP contribution in [0.4, 0.5) is 8.78 Å². The van der Waals surface area contributed by atoms with Gasteiger partial charge in [0.05, 0.1) is 0 Å². The van der Waals surface area contributed by atoms with Gasteiger partial charge >= 0.3 is 0 Å². The number of hydrogen-bond acceptors (Lipinski definition) is 0. The molecule has 0 aliphatic heterocycles. The smallest absolute Gasteiger partial charge is 0.131 e. The van der Waals surface area contributed by atoms with E-state index in [-0.39, 0.29) is 11.6 Å². The third-order valence-corrected chi connectivity index (χ3v) is 2.11. The predicted octanol–water partition coefficient (Wildman–Crippen LogP) is 3.43. The van der Waals surface area contributed by atoms with Gasteiger partial charge in [-0.15, -0.1) is 0 Å². The predicted molar refractivity (Wildman–Crippen MR) is 48.6 cm³/mol. The Labute approximate surface area is 74.8 Å². The first-order chi connectivity index (χ1) is 6.18. The summed E-state index contributed by atoms with van der Waals surface area (Å²) in [6.45, 7) is 1.67. The molecule has 0 saturated carbocycles. The molecule has 2 aromatic carbocycles. The van der Waals surface area contributed by atoms with Crippen molar-refractivity contribution in [1.82, 2.24) is 0 Å². The largest absolute Gasteiger partial charge is 0.207 e. The van der Waals surface area contributed by atoms with E-state index in [2.05, 4.69) is 0 Å². The Kier molecular flexibility index (Phi) is 1.76. The van der Waals surface area contributed by atoms with Gasteiger partial charge in [-0.1, -0.05) is 12.1 Å². The van der Waals surface area contributed by atoms with Crippen molar-refractivity contribution in [2.45, 2.75) is 6.92 Å². The van der Waals surface area contributed by atoms with Crippen molar-refractivity contribution < 1.29 is 8.78 Å². The molecule has 0 bridgehead atoms. The zero-order valence-electron chi connectivity index (χ0n) is 7.14. The summed E-state index contributed by atoms with van der Waals surface area (Å²) >= 11 is 0. The van der Waals surface area contributed by atoms with Crippen LogP contribution in [-0.2, 0) is 0 Å². The van der Waals surface area contributed by atoms with Gasteiger partial charge in [0.25, 0.3) is 0 Å². The standard InChI is InChI=1S/C11H8F2/c1-7-5-8-3-2-4-10(12)9(8)6-11(7)13/h2-6H,1H3. The Morgan fingerprint density at radius 1 is 1.00 bits per heavy atom. The maximum absolute atomic E-state index is 13.1. The lowest BCUT2D eigenvalue weighted by atomic mass is 10.1. The molecule has 0 amide bonds. The van der Waals surface area contributed by atoms with E-state index in [9.17, 15) is 8.78 Å². The van der Waals surface area contributed by atoms with Crippen LogP contribution in [0.25, 0.3) is 10.8 Å². The van der Waals surface area contributed by atoms with Crippen LogP contribution >= 0.6 is 0 Å². The van der Waals surface area contributed by atoms with Crippen LogP contribution in [-0.4, -0.2) is 0 Å². The molecule has 0 N–H and O–H groups in total. The second-order valence-electron chi connectivity index (χ2n) is 3.06. The second kappa shape index (κ2) is 2.80. The summed E-state index contributed by atoms with van der Waals surface area (Å²) in [5, 5.41) is 1.07. The fourth-order valence-electron chi connectivity index (χ4n) is 1.37. The van der Waals surface area contributed by atoms with Crippen LogP contribution < -0.4 is 0 Å². The van der Waals surface area contributed by atoms with Gasteiger partial charge in [0.2, 0.25) is 0 Å². The summed E-state index contributed by atoms with van der Waals surface area (Å²) in [7, 11) is 0. The van der Waals surface area contributed by atoms with E-state index in [1.54, 1.807) is 25.1 Å². The summed E-state index contributed by atoms with van der Waals surface area (Å²) in [4.78, 5) is 0. The minimum Gasteiger partial charge on any atom is -0.207 e. The lowest BCUT2D eigenvalue weighted by Gasteiger charge is -2.01. The lowest BCUT2D eigenvalue weighted by molar-refractivity contribution is 0.614. The van der Waals surface area contributed by atoms with E-state index < -0.39 is 0 Å². The van der Waals surface area contributed by atoms with Crippen LogP contribution in [0.5, 0.6) is 0 Å². The zero-order valence-corrected chi connectivity index (χ0v) is 7.14. The maximum Gasteiger partial charge on any atom is 0.131 e. The first-order valence-corrected chi connectivity index (χ1v) is 4.03. The molecule has 0 spiro atoms. The monoisotopic (exact) mass is 178 g/mol. The number of rotatable bonds is 0. The lowest BCUT2D eigenvalue weighted by Crippen LogP contribution is -1.85. The summed E-state index contributed by atoms with van der Waals surface area (Å²) in [6, 6.07) is 7.60. The van der Waals surface area contributed by atoms with E-state index in [1.807, 2.05) is 0 Å². The first-order valence-electron chi connectivity index (χ1n) is 4.03. The molecule has 2 aromatic rings. The van der Waals surface area contributed by atoms with Gasteiger partial charge < -0.3 is 0 Å². The molecule has 13 heavy (non-hydrogen) atoms. The number of hydrogen-bond donors (Lipinski definition) is 0. The van der Waals surface area contributed by atoms with Crippen molar-refractivity contribution in [2.75, 3.05) is 0 Å². The van der Waals surface area contributed by atoms with E-state index in [0.717, 1.165) is 5.39 Å². The van der Waals surface area contributed by atoms with E-state index in [4.69, 9.17) is 0 Å². The van der Waals surface area contributed by atoms with Crippen molar-refractivity contribution in [3.8, 4) is 0 Å². The number of benzene rings is 2. The SMILES string of the molecule is Cc1cc2cccc(F)c2cc1F. The van der Waals surface area contributed by atoms with Crippen molar-refractivity contribution in [1.29, 1.82) is 0 Å². The fraction of sp³-hybridized carbons (Fsp3) is 0.0909. The molecule has 0 heterocycles. The summed E-state index contributed by atoms with van der Waals surface area (Å²) in [5.41, 5.74) is 0.540. The van der Waals surface area contributed by atoms with Gasteiger partial charge in [-0.25, -0.2) is 8.78 Å². The minimum atomic E-state index is -0.378. The van der Waals surface area contributed by atoms with E-state index in [1.165, 1.54) is 12.1 Å². The molecular weight excluding hydrogens is 170 g/mol. The molecular formula is C11H8F2. The maximum atomic E-state index is 13.1. The number of halogens is 2. The van der Waals surface area contributed by atoms with Crippen molar-refractivity contribution in [2.24, 2.45) is 0 Å². The highest BCUT2D eigenvalue weighted by atomic mass is 19.1. The van der Waals surface area contributed by atoms with E-state index >= 15 is 0 Å². The highest BCUT2D eigenvalue weighted by Gasteiger charge is 2.03. The molecule has 0 radical (unpaired) electrons. The highest BCUT2D eigenvalue weighted by Crippen LogP contribution is 2.21. The van der Waals surface area contributed by atoms with E-state index in [0.29, 0.717) is 10.9 Å². The molecule has 0 atom stereocenters. The van der Waals surface area contributed by atoms with Crippen LogP contribution in [0.15, 0.2) is 30.3 Å². The topological polar surface area (TPSA) is 0 Å². The second-order valence-corrected chi connectivity index (χ2v) is 3.06. The summed E-state index contributed by atoms with van der Waals surface area (Å²) < 4.78 is 26.2. The first kappa shape index (κ1) is 8.17. The van der Waals surface area contributed by atoms with Gasteiger partial charge in [-0.05, 0) is 36.1 Å².